The minimum absolute atomic E-state index is 0. The van der Waals surface area contributed by atoms with Crippen LogP contribution >= 0.6 is 11.3 Å². The average molecular weight is 783 g/mol. The van der Waals surface area contributed by atoms with Crippen molar-refractivity contribution in [2.75, 3.05) is 0 Å². The van der Waals surface area contributed by atoms with E-state index in [0.717, 1.165) is 60.2 Å². The maximum Gasteiger partial charge on any atom is 0.241 e. The first-order valence-corrected chi connectivity index (χ1v) is 14.8. The molecule has 0 aliphatic carbocycles. The number of hydrogen-bond acceptors (Lipinski definition) is 5. The number of thiazole rings is 1. The molecule has 4 nitrogen and oxygen atoms in total. The van der Waals surface area contributed by atoms with E-state index in [-0.39, 0.29) is 37.9 Å². The molecule has 0 saturated heterocycles. The number of benzene rings is 5. The van der Waals surface area contributed by atoms with Crippen LogP contribution in [0.15, 0.2) is 115 Å². The summed E-state index contributed by atoms with van der Waals surface area (Å²) in [6.45, 7) is -4.28. The van der Waals surface area contributed by atoms with Crippen LogP contribution in [0, 0.1) is 25.8 Å². The molecule has 45 heavy (non-hydrogen) atoms. The van der Waals surface area contributed by atoms with Gasteiger partial charge in [0.05, 0.1) is 5.52 Å². The van der Waals surface area contributed by atoms with Gasteiger partial charge in [-0.25, -0.2) is 0 Å². The fourth-order valence-corrected chi connectivity index (χ4v) is 6.59. The standard InChI is InChI=1S/C25H13BNO2S.C13H12N.Ir/c1-3-11-19-16(8-1)26-17-9-5-7-15(25-27-18-10-2-4-14-22(18)30-25)24(17)29-21-13-6-12-20(28-19)23(21)26;1-10-3-6-12(7-4-10)13-8-5-11(2)9-14-13;/h1-6,8-14H;3-6,8-9H,1-2H3;/q2*-1;/i;1D3,2D3;. The monoisotopic (exact) mass is 783 g/mol. The number of hydrogen-bond donors (Lipinski definition) is 0. The van der Waals surface area contributed by atoms with Gasteiger partial charge in [-0.05, 0) is 53.9 Å². The SMILES string of the molecule is [2H]C([2H])([2H])c1c[c-]c(-c2ccc(C([2H])([2H])[2H])cn2)cc1.[Ir].[c-]1ccc2c(c1-c1nc3ccccc3s1)Oc1cccc3c1B2c1ccccc1O3. The minimum atomic E-state index is -2.18. The van der Waals surface area contributed by atoms with Crippen molar-refractivity contribution >= 4 is 44.7 Å². The molecule has 5 aromatic carbocycles. The van der Waals surface area contributed by atoms with Crippen molar-refractivity contribution in [3.8, 4) is 44.8 Å². The van der Waals surface area contributed by atoms with Crippen molar-refractivity contribution in [1.29, 1.82) is 0 Å². The van der Waals surface area contributed by atoms with E-state index in [1.807, 2.05) is 54.6 Å². The Bertz CT molecular complexity index is 2290. The maximum absolute atomic E-state index is 7.28. The summed E-state index contributed by atoms with van der Waals surface area (Å²) < 4.78 is 57.5. The predicted octanol–water partition coefficient (Wildman–Crippen LogP) is 7.65. The first-order valence-electron chi connectivity index (χ1n) is 17.0. The van der Waals surface area contributed by atoms with Crippen LogP contribution in [0.4, 0.5) is 0 Å². The molecular formula is C38H25BIrN2O2S-2. The van der Waals surface area contributed by atoms with Gasteiger partial charge in [0.2, 0.25) is 6.71 Å². The topological polar surface area (TPSA) is 44.2 Å². The summed E-state index contributed by atoms with van der Waals surface area (Å²) in [6, 6.07) is 40.4. The third-order valence-electron chi connectivity index (χ3n) is 7.63. The van der Waals surface area contributed by atoms with Gasteiger partial charge in [0.25, 0.3) is 0 Å². The Morgan fingerprint density at radius 2 is 1.56 bits per heavy atom. The van der Waals surface area contributed by atoms with Crippen LogP contribution in [0.5, 0.6) is 23.0 Å². The molecule has 7 aromatic rings. The number of aromatic nitrogens is 2. The van der Waals surface area contributed by atoms with Gasteiger partial charge in [-0.15, -0.1) is 59.1 Å². The van der Waals surface area contributed by atoms with Gasteiger partial charge in [0.15, 0.2) is 0 Å². The van der Waals surface area contributed by atoms with Crippen LogP contribution < -0.4 is 25.9 Å². The van der Waals surface area contributed by atoms with Crippen LogP contribution in [0.3, 0.4) is 0 Å². The van der Waals surface area contributed by atoms with Crippen molar-refractivity contribution in [3.05, 3.63) is 139 Å². The molecule has 0 unspecified atom stereocenters. The molecule has 2 aliphatic rings. The Balaban J connectivity index is 0.000000170. The summed E-state index contributed by atoms with van der Waals surface area (Å²) in [5.74, 6) is 3.43. The van der Waals surface area contributed by atoms with Crippen molar-refractivity contribution in [2.24, 2.45) is 0 Å². The molecule has 0 saturated carbocycles. The quantitative estimate of drug-likeness (QED) is 0.134. The van der Waals surface area contributed by atoms with E-state index in [0.29, 0.717) is 11.3 Å². The number of nitrogens with zero attached hydrogens (tertiary/aromatic N) is 2. The molecule has 9 rings (SSSR count). The molecule has 2 aliphatic heterocycles. The molecule has 0 spiro atoms. The van der Waals surface area contributed by atoms with E-state index in [2.05, 4.69) is 41.4 Å². The number of aryl methyl sites for hydroxylation is 2. The number of pyridine rings is 1. The molecule has 0 atom stereocenters. The molecule has 0 amide bonds. The fraction of sp³-hybridized carbons (Fsp3) is 0.0526. The summed E-state index contributed by atoms with van der Waals surface area (Å²) in [4.78, 5) is 8.93. The zero-order valence-corrected chi connectivity index (χ0v) is 26.7. The zero-order chi connectivity index (χ0) is 34.6. The van der Waals surface area contributed by atoms with Gasteiger partial charge in [-0.2, -0.15) is 11.3 Å². The second-order valence-electron chi connectivity index (χ2n) is 10.4. The number of para-hydroxylation sites is 2. The van der Waals surface area contributed by atoms with E-state index in [1.54, 1.807) is 23.5 Å². The number of fused-ring (bicyclic) bond motifs is 5. The Labute approximate surface area is 288 Å². The smallest absolute Gasteiger partial charge is 0.241 e. The van der Waals surface area contributed by atoms with Gasteiger partial charge in [0, 0.05) is 55.4 Å². The van der Waals surface area contributed by atoms with E-state index < -0.39 is 13.7 Å². The van der Waals surface area contributed by atoms with Crippen molar-refractivity contribution < 1.29 is 37.8 Å². The van der Waals surface area contributed by atoms with Gasteiger partial charge in [-0.3, -0.25) is 4.98 Å². The fourth-order valence-electron chi connectivity index (χ4n) is 5.62. The average Bonchev–Trinajstić information content (AvgIpc) is 3.55. The normalized spacial score (nSPS) is 14.4. The molecule has 4 heterocycles. The number of ether oxygens (including phenoxy) is 2. The third kappa shape index (κ3) is 5.38. The second-order valence-corrected chi connectivity index (χ2v) is 11.4. The van der Waals surface area contributed by atoms with Gasteiger partial charge in [0.1, 0.15) is 17.2 Å². The summed E-state index contributed by atoms with van der Waals surface area (Å²) in [7, 11) is 0. The Morgan fingerprint density at radius 1 is 0.756 bits per heavy atom. The predicted molar refractivity (Wildman–Crippen MR) is 180 cm³/mol. The van der Waals surface area contributed by atoms with Crippen LogP contribution in [0.25, 0.3) is 32.0 Å². The van der Waals surface area contributed by atoms with Gasteiger partial charge >= 0.3 is 0 Å². The summed E-state index contributed by atoms with van der Waals surface area (Å²) in [5.41, 5.74) is 6.82. The molecule has 0 N–H and O–H groups in total. The molecule has 7 heteroatoms. The Kier molecular flexibility index (Phi) is 6.15. The first kappa shape index (κ1) is 22.9. The van der Waals surface area contributed by atoms with E-state index in [9.17, 15) is 0 Å². The summed E-state index contributed by atoms with van der Waals surface area (Å²) in [6.07, 6.45) is 1.30. The zero-order valence-electron chi connectivity index (χ0n) is 29.5. The molecule has 0 fully saturated rings. The van der Waals surface area contributed by atoms with Gasteiger partial charge in [-0.1, -0.05) is 60.9 Å². The molecule has 219 valence electrons. The summed E-state index contributed by atoms with van der Waals surface area (Å²) in [5, 5.41) is 0.924. The van der Waals surface area contributed by atoms with Crippen LogP contribution in [0.2, 0.25) is 0 Å². The van der Waals surface area contributed by atoms with E-state index in [4.69, 9.17) is 22.7 Å². The summed E-state index contributed by atoms with van der Waals surface area (Å²) >= 11 is 1.67. The maximum atomic E-state index is 7.28. The van der Waals surface area contributed by atoms with Crippen LogP contribution in [0.1, 0.15) is 19.4 Å². The molecule has 1 radical (unpaired) electrons. The molecular weight excluding hydrogens is 752 g/mol. The van der Waals surface area contributed by atoms with Crippen molar-refractivity contribution in [2.45, 2.75) is 13.7 Å². The van der Waals surface area contributed by atoms with Crippen LogP contribution in [-0.4, -0.2) is 16.7 Å². The first-order chi connectivity index (χ1) is 24.0. The van der Waals surface area contributed by atoms with Gasteiger partial charge < -0.3 is 14.5 Å². The molecule has 2 aromatic heterocycles. The third-order valence-corrected chi connectivity index (χ3v) is 8.68. The molecule has 0 bridgehead atoms. The van der Waals surface area contributed by atoms with E-state index in [1.165, 1.54) is 24.4 Å². The largest absolute Gasteiger partial charge is 0.503 e. The van der Waals surface area contributed by atoms with Crippen molar-refractivity contribution in [3.63, 3.8) is 0 Å². The van der Waals surface area contributed by atoms with Crippen molar-refractivity contribution in [1.82, 2.24) is 9.97 Å². The minimum Gasteiger partial charge on any atom is -0.503 e. The Morgan fingerprint density at radius 3 is 2.36 bits per heavy atom. The second kappa shape index (κ2) is 12.1. The van der Waals surface area contributed by atoms with Crippen LogP contribution in [-0.2, 0) is 20.1 Å². The Hall–Kier alpha value is -4.55. The van der Waals surface area contributed by atoms with E-state index >= 15 is 0 Å². The number of rotatable bonds is 2.